The molecular formula is C22H16BrNO. The molecule has 1 atom stereocenters. The van der Waals surface area contributed by atoms with E-state index in [1.165, 1.54) is 0 Å². The Balaban J connectivity index is 1.78. The number of rotatable bonds is 3. The number of ether oxygens (including phenoxy) is 1. The molecule has 3 heteroatoms. The molecule has 0 aromatic heterocycles. The molecule has 3 aromatic rings. The zero-order valence-electron chi connectivity index (χ0n) is 13.5. The van der Waals surface area contributed by atoms with Gasteiger partial charge in [-0.1, -0.05) is 88.7 Å². The van der Waals surface area contributed by atoms with Crippen LogP contribution in [0.15, 0.2) is 100 Å². The van der Waals surface area contributed by atoms with E-state index in [0.717, 1.165) is 32.6 Å². The van der Waals surface area contributed by atoms with Crippen molar-refractivity contribution in [2.75, 3.05) is 0 Å². The lowest BCUT2D eigenvalue weighted by atomic mass is 10.0. The highest BCUT2D eigenvalue weighted by atomic mass is 79.9. The first kappa shape index (κ1) is 15.9. The third-order valence-corrected chi connectivity index (χ3v) is 4.57. The Morgan fingerprint density at radius 1 is 0.720 bits per heavy atom. The molecule has 1 aliphatic heterocycles. The molecule has 0 saturated heterocycles. The van der Waals surface area contributed by atoms with Gasteiger partial charge in [-0.2, -0.15) is 0 Å². The number of aliphatic imine (C=N–C) groups is 1. The molecule has 1 aliphatic rings. The van der Waals surface area contributed by atoms with Gasteiger partial charge >= 0.3 is 0 Å². The summed E-state index contributed by atoms with van der Waals surface area (Å²) in [5, 5.41) is 0. The van der Waals surface area contributed by atoms with Crippen molar-refractivity contribution >= 4 is 27.4 Å². The van der Waals surface area contributed by atoms with Gasteiger partial charge in [-0.05, 0) is 17.7 Å². The topological polar surface area (TPSA) is 21.6 Å². The van der Waals surface area contributed by atoms with Crippen LogP contribution in [0, 0.1) is 0 Å². The van der Waals surface area contributed by atoms with Gasteiger partial charge in [-0.25, -0.2) is 4.99 Å². The maximum atomic E-state index is 6.21. The molecule has 1 heterocycles. The monoisotopic (exact) mass is 389 g/mol. The Hall–Kier alpha value is -2.65. The summed E-state index contributed by atoms with van der Waals surface area (Å²) in [5.41, 5.74) is 4.09. The third-order valence-electron chi connectivity index (χ3n) is 4.05. The Kier molecular flexibility index (Phi) is 4.49. The van der Waals surface area contributed by atoms with Crippen molar-refractivity contribution < 1.29 is 4.74 Å². The van der Waals surface area contributed by atoms with Gasteiger partial charge in [0.2, 0.25) is 6.23 Å². The number of allylic oxidation sites excluding steroid dienone is 1. The van der Waals surface area contributed by atoms with Crippen LogP contribution >= 0.6 is 15.9 Å². The van der Waals surface area contributed by atoms with Crippen molar-refractivity contribution in [2.45, 2.75) is 6.23 Å². The van der Waals surface area contributed by atoms with Crippen molar-refractivity contribution in [3.63, 3.8) is 0 Å². The Bertz CT molecular complexity index is 915. The second kappa shape index (κ2) is 7.08. The molecule has 0 N–H and O–H groups in total. The highest BCUT2D eigenvalue weighted by molar-refractivity contribution is 9.10. The molecule has 3 aromatic carbocycles. The van der Waals surface area contributed by atoms with Gasteiger partial charge in [0.25, 0.3) is 0 Å². The minimum Gasteiger partial charge on any atom is -0.464 e. The largest absolute Gasteiger partial charge is 0.464 e. The average Bonchev–Trinajstić information content (AvgIpc) is 2.69. The summed E-state index contributed by atoms with van der Waals surface area (Å²) in [7, 11) is 0. The van der Waals surface area contributed by atoms with Crippen LogP contribution in [0.5, 0.6) is 0 Å². The predicted octanol–water partition coefficient (Wildman–Crippen LogP) is 6.01. The molecule has 0 amide bonds. The van der Waals surface area contributed by atoms with Crippen molar-refractivity contribution in [1.29, 1.82) is 0 Å². The maximum Gasteiger partial charge on any atom is 0.216 e. The standard InChI is InChI=1S/C22H16BrNO/c23-19-13-11-18(12-14-19)22-24-20(16-7-3-1-4-8-16)15-21(25-22)17-9-5-2-6-10-17/h1-15,22H. The molecule has 25 heavy (non-hydrogen) atoms. The molecule has 0 bridgehead atoms. The van der Waals surface area contributed by atoms with Crippen LogP contribution in [0.1, 0.15) is 22.9 Å². The molecule has 0 aliphatic carbocycles. The first-order chi connectivity index (χ1) is 12.3. The molecule has 4 rings (SSSR count). The minimum atomic E-state index is -0.358. The normalized spacial score (nSPS) is 16.6. The zero-order chi connectivity index (χ0) is 17.1. The average molecular weight is 390 g/mol. The summed E-state index contributed by atoms with van der Waals surface area (Å²) in [4.78, 5) is 4.83. The second-order valence-corrected chi connectivity index (χ2v) is 6.69. The highest BCUT2D eigenvalue weighted by Gasteiger charge is 2.21. The lowest BCUT2D eigenvalue weighted by molar-refractivity contribution is 0.176. The van der Waals surface area contributed by atoms with E-state index >= 15 is 0 Å². The van der Waals surface area contributed by atoms with Crippen LogP contribution in [0.4, 0.5) is 0 Å². The number of hydrogen-bond donors (Lipinski definition) is 0. The SMILES string of the molecule is Brc1ccc(C2N=C(c3ccccc3)C=C(c3ccccc3)O2)cc1. The van der Waals surface area contributed by atoms with E-state index in [2.05, 4.69) is 40.2 Å². The van der Waals surface area contributed by atoms with Crippen LogP contribution in [0.25, 0.3) is 5.76 Å². The molecule has 0 saturated carbocycles. The number of benzene rings is 3. The number of nitrogens with zero attached hydrogens (tertiary/aromatic N) is 1. The molecule has 0 spiro atoms. The zero-order valence-corrected chi connectivity index (χ0v) is 15.1. The van der Waals surface area contributed by atoms with Gasteiger partial charge in [-0.3, -0.25) is 0 Å². The van der Waals surface area contributed by atoms with Crippen molar-refractivity contribution in [2.24, 2.45) is 4.99 Å². The van der Waals surface area contributed by atoms with Crippen LogP contribution in [-0.4, -0.2) is 5.71 Å². The van der Waals surface area contributed by atoms with Crippen molar-refractivity contribution in [3.05, 3.63) is 112 Å². The van der Waals surface area contributed by atoms with E-state index in [9.17, 15) is 0 Å². The molecule has 0 radical (unpaired) electrons. The van der Waals surface area contributed by atoms with E-state index in [1.54, 1.807) is 0 Å². The summed E-state index contributed by atoms with van der Waals surface area (Å²) in [6, 6.07) is 28.4. The van der Waals surface area contributed by atoms with Crippen LogP contribution in [0.2, 0.25) is 0 Å². The van der Waals surface area contributed by atoms with Crippen LogP contribution in [0.3, 0.4) is 0 Å². The first-order valence-corrected chi connectivity index (χ1v) is 8.91. The van der Waals surface area contributed by atoms with Gasteiger partial charge in [-0.15, -0.1) is 0 Å². The molecular weight excluding hydrogens is 374 g/mol. The van der Waals surface area contributed by atoms with E-state index < -0.39 is 0 Å². The van der Waals surface area contributed by atoms with Gasteiger partial charge < -0.3 is 4.74 Å². The molecule has 1 unspecified atom stereocenters. The fourth-order valence-corrected chi connectivity index (χ4v) is 3.02. The minimum absolute atomic E-state index is 0.358. The molecule has 0 fully saturated rings. The summed E-state index contributed by atoms with van der Waals surface area (Å²) < 4.78 is 7.25. The van der Waals surface area contributed by atoms with Crippen LogP contribution in [-0.2, 0) is 4.74 Å². The molecule has 2 nitrogen and oxygen atoms in total. The summed E-state index contributed by atoms with van der Waals surface area (Å²) in [5.74, 6) is 0.836. The highest BCUT2D eigenvalue weighted by Crippen LogP contribution is 2.32. The summed E-state index contributed by atoms with van der Waals surface area (Å²) in [6.07, 6.45) is 1.66. The smallest absolute Gasteiger partial charge is 0.216 e. The van der Waals surface area contributed by atoms with Gasteiger partial charge in [0.15, 0.2) is 0 Å². The van der Waals surface area contributed by atoms with Crippen molar-refractivity contribution in [3.8, 4) is 0 Å². The molecule has 122 valence electrons. The quantitative estimate of drug-likeness (QED) is 0.537. The Morgan fingerprint density at radius 2 is 1.32 bits per heavy atom. The van der Waals surface area contributed by atoms with Gasteiger partial charge in [0.1, 0.15) is 5.76 Å². The Labute approximate surface area is 155 Å². The van der Waals surface area contributed by atoms with E-state index in [4.69, 9.17) is 9.73 Å². The third kappa shape index (κ3) is 3.57. The lowest BCUT2D eigenvalue weighted by Gasteiger charge is -2.24. The predicted molar refractivity (Wildman–Crippen MR) is 105 cm³/mol. The number of halogens is 1. The van der Waals surface area contributed by atoms with Crippen molar-refractivity contribution in [1.82, 2.24) is 0 Å². The Morgan fingerprint density at radius 3 is 1.96 bits per heavy atom. The number of hydrogen-bond acceptors (Lipinski definition) is 2. The summed E-state index contributed by atoms with van der Waals surface area (Å²) in [6.45, 7) is 0. The lowest BCUT2D eigenvalue weighted by Crippen LogP contribution is -2.12. The van der Waals surface area contributed by atoms with Gasteiger partial charge in [0, 0.05) is 21.7 Å². The van der Waals surface area contributed by atoms with Crippen LogP contribution < -0.4 is 0 Å². The van der Waals surface area contributed by atoms with E-state index in [1.807, 2.05) is 66.7 Å². The van der Waals surface area contributed by atoms with Gasteiger partial charge in [0.05, 0.1) is 5.71 Å². The second-order valence-electron chi connectivity index (χ2n) is 5.78. The summed E-state index contributed by atoms with van der Waals surface area (Å²) >= 11 is 3.48. The first-order valence-electron chi connectivity index (χ1n) is 8.12. The fourth-order valence-electron chi connectivity index (χ4n) is 2.76. The fraction of sp³-hybridized carbons (Fsp3) is 0.0455. The van der Waals surface area contributed by atoms with E-state index in [0.29, 0.717) is 0 Å². The maximum absolute atomic E-state index is 6.21. The van der Waals surface area contributed by atoms with E-state index in [-0.39, 0.29) is 6.23 Å².